The molecule has 0 bridgehead atoms. The predicted molar refractivity (Wildman–Crippen MR) is 73.1 cm³/mol. The number of halogens is 1. The summed E-state index contributed by atoms with van der Waals surface area (Å²) in [6.45, 7) is 4.58. The van der Waals surface area contributed by atoms with E-state index < -0.39 is 0 Å². The summed E-state index contributed by atoms with van der Waals surface area (Å²) in [5.41, 5.74) is 8.48. The zero-order valence-corrected chi connectivity index (χ0v) is 11.1. The van der Waals surface area contributed by atoms with Gasteiger partial charge in [-0.15, -0.1) is 0 Å². The maximum absolute atomic E-state index is 14.0. The molecule has 0 aliphatic heterocycles. The van der Waals surface area contributed by atoms with Crippen molar-refractivity contribution < 1.29 is 4.39 Å². The summed E-state index contributed by atoms with van der Waals surface area (Å²) in [7, 11) is 0. The normalized spacial score (nSPS) is 10.1. The SMILES string of the molecule is Cc1cc(C)n(Cc2ccc(C#CCN)cc2F)n1. The van der Waals surface area contributed by atoms with Gasteiger partial charge in [0.15, 0.2) is 0 Å². The summed E-state index contributed by atoms with van der Waals surface area (Å²) in [4.78, 5) is 0. The number of benzene rings is 1. The fraction of sp³-hybridized carbons (Fsp3) is 0.267. The third-order valence-corrected chi connectivity index (χ3v) is 2.81. The molecule has 0 aliphatic carbocycles. The van der Waals surface area contributed by atoms with Gasteiger partial charge in [0.1, 0.15) is 5.82 Å². The van der Waals surface area contributed by atoms with Gasteiger partial charge in [0, 0.05) is 16.8 Å². The quantitative estimate of drug-likeness (QED) is 0.836. The van der Waals surface area contributed by atoms with Gasteiger partial charge in [-0.25, -0.2) is 4.39 Å². The summed E-state index contributed by atoms with van der Waals surface area (Å²) in [5, 5.41) is 4.32. The van der Waals surface area contributed by atoms with Crippen LogP contribution in [0.5, 0.6) is 0 Å². The summed E-state index contributed by atoms with van der Waals surface area (Å²) in [5.74, 6) is 5.25. The van der Waals surface area contributed by atoms with E-state index in [1.165, 1.54) is 6.07 Å². The number of rotatable bonds is 2. The highest BCUT2D eigenvalue weighted by Gasteiger charge is 2.06. The van der Waals surface area contributed by atoms with Crippen LogP contribution in [0, 0.1) is 31.5 Å². The second kappa shape index (κ2) is 5.68. The fourth-order valence-corrected chi connectivity index (χ4v) is 1.90. The summed E-state index contributed by atoms with van der Waals surface area (Å²) >= 11 is 0. The van der Waals surface area contributed by atoms with Crippen molar-refractivity contribution in [3.05, 3.63) is 52.6 Å². The molecular formula is C15H16FN3. The van der Waals surface area contributed by atoms with Crippen LogP contribution in [0.2, 0.25) is 0 Å². The van der Waals surface area contributed by atoms with Crippen LogP contribution >= 0.6 is 0 Å². The first-order valence-electron chi connectivity index (χ1n) is 6.08. The van der Waals surface area contributed by atoms with Gasteiger partial charge in [-0.3, -0.25) is 4.68 Å². The van der Waals surface area contributed by atoms with E-state index >= 15 is 0 Å². The average Bonchev–Trinajstić information content (AvgIpc) is 2.68. The van der Waals surface area contributed by atoms with E-state index in [9.17, 15) is 4.39 Å². The Labute approximate surface area is 112 Å². The molecule has 1 heterocycles. The van der Waals surface area contributed by atoms with Crippen LogP contribution in [0.1, 0.15) is 22.5 Å². The zero-order chi connectivity index (χ0) is 13.8. The van der Waals surface area contributed by atoms with Gasteiger partial charge in [-0.1, -0.05) is 17.9 Å². The number of hydrogen-bond donors (Lipinski definition) is 1. The van der Waals surface area contributed by atoms with Gasteiger partial charge in [0.2, 0.25) is 0 Å². The molecule has 2 aromatic rings. The highest BCUT2D eigenvalue weighted by molar-refractivity contribution is 5.37. The molecular weight excluding hydrogens is 241 g/mol. The van der Waals surface area contributed by atoms with Crippen LogP contribution in [0.25, 0.3) is 0 Å². The van der Waals surface area contributed by atoms with Crippen LogP contribution in [0.3, 0.4) is 0 Å². The first kappa shape index (κ1) is 13.3. The Morgan fingerprint density at radius 3 is 2.68 bits per heavy atom. The highest BCUT2D eigenvalue weighted by Crippen LogP contribution is 2.13. The molecule has 0 saturated carbocycles. The van der Waals surface area contributed by atoms with Crippen molar-refractivity contribution in [3.63, 3.8) is 0 Å². The molecule has 1 aromatic carbocycles. The van der Waals surface area contributed by atoms with Gasteiger partial charge in [-0.2, -0.15) is 5.10 Å². The predicted octanol–water partition coefficient (Wildman–Crippen LogP) is 2.00. The van der Waals surface area contributed by atoms with E-state index in [4.69, 9.17) is 5.73 Å². The Bertz CT molecular complexity index is 647. The average molecular weight is 257 g/mol. The molecule has 0 fully saturated rings. The van der Waals surface area contributed by atoms with Crippen LogP contribution in [-0.4, -0.2) is 16.3 Å². The number of aryl methyl sites for hydroxylation is 2. The first-order valence-corrected chi connectivity index (χ1v) is 6.08. The second-order valence-corrected chi connectivity index (χ2v) is 4.40. The molecule has 98 valence electrons. The molecule has 2 N–H and O–H groups in total. The van der Waals surface area contributed by atoms with Crippen molar-refractivity contribution in [2.24, 2.45) is 5.73 Å². The Morgan fingerprint density at radius 1 is 1.32 bits per heavy atom. The van der Waals surface area contributed by atoms with Crippen molar-refractivity contribution in [2.75, 3.05) is 6.54 Å². The van der Waals surface area contributed by atoms with E-state index in [0.29, 0.717) is 17.7 Å². The van der Waals surface area contributed by atoms with E-state index in [2.05, 4.69) is 16.9 Å². The van der Waals surface area contributed by atoms with Gasteiger partial charge in [0.25, 0.3) is 0 Å². The molecule has 0 aliphatic rings. The lowest BCUT2D eigenvalue weighted by molar-refractivity contribution is 0.578. The molecule has 0 spiro atoms. The van der Waals surface area contributed by atoms with Gasteiger partial charge >= 0.3 is 0 Å². The maximum Gasteiger partial charge on any atom is 0.129 e. The Balaban J connectivity index is 2.24. The Morgan fingerprint density at radius 2 is 2.11 bits per heavy atom. The third kappa shape index (κ3) is 3.21. The molecule has 0 radical (unpaired) electrons. The van der Waals surface area contributed by atoms with Crippen molar-refractivity contribution >= 4 is 0 Å². The topological polar surface area (TPSA) is 43.8 Å². The standard InChI is InChI=1S/C15H16FN3/c1-11-8-12(2)19(18-11)10-14-6-5-13(4-3-7-17)9-15(14)16/h5-6,8-9H,7,10,17H2,1-2H3. The molecule has 0 saturated heterocycles. The molecule has 3 nitrogen and oxygen atoms in total. The Kier molecular flexibility index (Phi) is 3.98. The van der Waals surface area contributed by atoms with Crippen LogP contribution in [0.15, 0.2) is 24.3 Å². The lowest BCUT2D eigenvalue weighted by Crippen LogP contribution is -2.06. The van der Waals surface area contributed by atoms with Gasteiger partial charge < -0.3 is 5.73 Å². The summed E-state index contributed by atoms with van der Waals surface area (Å²) < 4.78 is 15.8. The minimum atomic E-state index is -0.267. The van der Waals surface area contributed by atoms with Gasteiger partial charge in [0.05, 0.1) is 18.8 Å². The number of nitrogens with zero attached hydrogens (tertiary/aromatic N) is 2. The lowest BCUT2D eigenvalue weighted by atomic mass is 10.1. The molecule has 0 unspecified atom stereocenters. The number of nitrogens with two attached hydrogens (primary N) is 1. The van der Waals surface area contributed by atoms with Crippen LogP contribution in [-0.2, 0) is 6.54 Å². The van der Waals surface area contributed by atoms with Crippen molar-refractivity contribution in [3.8, 4) is 11.8 Å². The molecule has 19 heavy (non-hydrogen) atoms. The largest absolute Gasteiger partial charge is 0.320 e. The summed E-state index contributed by atoms with van der Waals surface area (Å²) in [6, 6.07) is 6.95. The monoisotopic (exact) mass is 257 g/mol. The second-order valence-electron chi connectivity index (χ2n) is 4.40. The van der Waals surface area contributed by atoms with Crippen LogP contribution in [0.4, 0.5) is 4.39 Å². The fourth-order valence-electron chi connectivity index (χ4n) is 1.90. The molecule has 0 amide bonds. The van der Waals surface area contributed by atoms with E-state index in [1.807, 2.05) is 19.9 Å². The molecule has 4 heteroatoms. The van der Waals surface area contributed by atoms with Crippen molar-refractivity contribution in [2.45, 2.75) is 20.4 Å². The Hall–Kier alpha value is -2.12. The van der Waals surface area contributed by atoms with Gasteiger partial charge in [-0.05, 0) is 32.0 Å². The van der Waals surface area contributed by atoms with E-state index in [0.717, 1.165) is 11.4 Å². The molecule has 2 rings (SSSR count). The third-order valence-electron chi connectivity index (χ3n) is 2.81. The lowest BCUT2D eigenvalue weighted by Gasteiger charge is -2.06. The smallest absolute Gasteiger partial charge is 0.129 e. The minimum Gasteiger partial charge on any atom is -0.320 e. The molecule has 0 atom stereocenters. The molecule has 1 aromatic heterocycles. The van der Waals surface area contributed by atoms with E-state index in [1.54, 1.807) is 16.8 Å². The number of hydrogen-bond acceptors (Lipinski definition) is 2. The minimum absolute atomic E-state index is 0.267. The van der Waals surface area contributed by atoms with Crippen molar-refractivity contribution in [1.29, 1.82) is 0 Å². The van der Waals surface area contributed by atoms with Crippen molar-refractivity contribution in [1.82, 2.24) is 9.78 Å². The van der Waals surface area contributed by atoms with Crippen LogP contribution < -0.4 is 5.73 Å². The van der Waals surface area contributed by atoms with E-state index in [-0.39, 0.29) is 12.4 Å². The summed E-state index contributed by atoms with van der Waals surface area (Å²) in [6.07, 6.45) is 0. The first-order chi connectivity index (χ1) is 9.10. The highest BCUT2D eigenvalue weighted by atomic mass is 19.1. The zero-order valence-electron chi connectivity index (χ0n) is 11.1. The maximum atomic E-state index is 14.0. The number of aromatic nitrogens is 2.